The van der Waals surface area contributed by atoms with Gasteiger partial charge in [0.15, 0.2) is 5.78 Å². The second-order valence-corrected chi connectivity index (χ2v) is 9.22. The van der Waals surface area contributed by atoms with Crippen LogP contribution in [0.2, 0.25) is 0 Å². The number of fused-ring (bicyclic) bond motifs is 5. The van der Waals surface area contributed by atoms with Gasteiger partial charge < -0.3 is 0 Å². The lowest BCUT2D eigenvalue weighted by Crippen LogP contribution is -2.53. The fourth-order valence-corrected chi connectivity index (χ4v) is 7.09. The van der Waals surface area contributed by atoms with Crippen molar-refractivity contribution in [3.8, 4) is 0 Å². The molecule has 0 N–H and O–H groups in total. The number of hydrogen-bond acceptors (Lipinski definition) is 2. The van der Waals surface area contributed by atoms with E-state index in [1.807, 2.05) is 6.08 Å². The Balaban J connectivity index is 1.80. The van der Waals surface area contributed by atoms with Crippen molar-refractivity contribution in [3.05, 3.63) is 23.8 Å². The summed E-state index contributed by atoms with van der Waals surface area (Å²) in [6.45, 7) is 11.2. The Bertz CT molecular complexity index is 657. The van der Waals surface area contributed by atoms with Crippen molar-refractivity contribution in [1.29, 1.82) is 0 Å². The number of carbonyl (C=O) groups excluding carboxylic acids is 2. The van der Waals surface area contributed by atoms with E-state index in [9.17, 15) is 9.59 Å². The van der Waals surface area contributed by atoms with Crippen LogP contribution in [0.4, 0.5) is 0 Å². The lowest BCUT2D eigenvalue weighted by Gasteiger charge is -2.59. The molecular formula is C22H30O2. The Labute approximate surface area is 145 Å². The minimum atomic E-state index is -0.0920. The molecule has 0 radical (unpaired) electrons. The summed E-state index contributed by atoms with van der Waals surface area (Å²) in [6, 6.07) is 0. The molecule has 0 bridgehead atoms. The van der Waals surface area contributed by atoms with Gasteiger partial charge in [-0.25, -0.2) is 0 Å². The summed E-state index contributed by atoms with van der Waals surface area (Å²) in [5.41, 5.74) is 2.41. The lowest BCUT2D eigenvalue weighted by atomic mass is 9.44. The van der Waals surface area contributed by atoms with E-state index in [0.29, 0.717) is 35.9 Å². The Morgan fingerprint density at radius 1 is 1.17 bits per heavy atom. The summed E-state index contributed by atoms with van der Waals surface area (Å²) in [6.07, 6.45) is 8.65. The number of rotatable bonds is 1. The number of allylic oxidation sites excluding steroid dienone is 2. The lowest BCUT2D eigenvalue weighted by molar-refractivity contribution is -0.133. The molecule has 0 aromatic carbocycles. The molecule has 130 valence electrons. The molecule has 6 atom stereocenters. The fourth-order valence-electron chi connectivity index (χ4n) is 7.09. The molecule has 2 heteroatoms. The molecular weight excluding hydrogens is 296 g/mol. The smallest absolute Gasteiger partial charge is 0.156 e. The van der Waals surface area contributed by atoms with Crippen LogP contribution in [0.25, 0.3) is 0 Å². The molecule has 2 nitrogen and oxygen atoms in total. The molecule has 4 rings (SSSR count). The molecule has 0 unspecified atom stereocenters. The van der Waals surface area contributed by atoms with E-state index in [0.717, 1.165) is 38.5 Å². The minimum Gasteiger partial charge on any atom is -0.299 e. The maximum Gasteiger partial charge on any atom is 0.156 e. The monoisotopic (exact) mass is 326 g/mol. The first-order valence-electron chi connectivity index (χ1n) is 9.78. The third kappa shape index (κ3) is 1.89. The Kier molecular flexibility index (Phi) is 3.50. The van der Waals surface area contributed by atoms with Crippen LogP contribution in [-0.4, -0.2) is 11.6 Å². The number of ketones is 2. The maximum atomic E-state index is 12.5. The SMILES string of the molecule is C=C1C[C@@H]2[C@H](CC[C@]3(C)C(=O)CC[C@@H]23)[C@]2(C)C1=CC(=O)C[C@@H]2CC. The Hall–Kier alpha value is -1.18. The first-order chi connectivity index (χ1) is 11.3. The van der Waals surface area contributed by atoms with Crippen LogP contribution < -0.4 is 0 Å². The van der Waals surface area contributed by atoms with Crippen LogP contribution in [0.1, 0.15) is 65.7 Å². The van der Waals surface area contributed by atoms with Crippen LogP contribution in [-0.2, 0) is 9.59 Å². The normalized spacial score (nSPS) is 47.8. The summed E-state index contributed by atoms with van der Waals surface area (Å²) >= 11 is 0. The zero-order valence-corrected chi connectivity index (χ0v) is 15.4. The third-order valence-electron chi connectivity index (χ3n) is 8.45. The highest BCUT2D eigenvalue weighted by molar-refractivity contribution is 5.93. The van der Waals surface area contributed by atoms with Gasteiger partial charge in [0, 0.05) is 18.3 Å². The molecule has 4 aliphatic rings. The molecule has 24 heavy (non-hydrogen) atoms. The summed E-state index contributed by atoms with van der Waals surface area (Å²) in [4.78, 5) is 24.8. The van der Waals surface area contributed by atoms with Crippen LogP contribution >= 0.6 is 0 Å². The summed E-state index contributed by atoms with van der Waals surface area (Å²) in [7, 11) is 0. The first-order valence-corrected chi connectivity index (χ1v) is 9.78. The molecule has 0 aromatic rings. The number of hydrogen-bond donors (Lipinski definition) is 0. The number of Topliss-reactive ketones (excluding diaryl/α,β-unsaturated/α-hetero) is 1. The van der Waals surface area contributed by atoms with E-state index < -0.39 is 0 Å². The van der Waals surface area contributed by atoms with Gasteiger partial charge in [-0.3, -0.25) is 9.59 Å². The van der Waals surface area contributed by atoms with Gasteiger partial charge in [0.25, 0.3) is 0 Å². The zero-order valence-electron chi connectivity index (χ0n) is 15.4. The van der Waals surface area contributed by atoms with E-state index in [1.165, 1.54) is 11.1 Å². The van der Waals surface area contributed by atoms with Gasteiger partial charge in [0.05, 0.1) is 0 Å². The molecule has 0 spiro atoms. The van der Waals surface area contributed by atoms with Crippen molar-refractivity contribution in [1.82, 2.24) is 0 Å². The van der Waals surface area contributed by atoms with Crippen molar-refractivity contribution in [2.45, 2.75) is 65.7 Å². The molecule has 0 amide bonds. The van der Waals surface area contributed by atoms with E-state index in [2.05, 4.69) is 27.4 Å². The largest absolute Gasteiger partial charge is 0.299 e. The van der Waals surface area contributed by atoms with Gasteiger partial charge in [0.1, 0.15) is 5.78 Å². The number of carbonyl (C=O) groups is 2. The van der Waals surface area contributed by atoms with Crippen molar-refractivity contribution in [2.24, 2.45) is 34.5 Å². The van der Waals surface area contributed by atoms with Crippen molar-refractivity contribution >= 4 is 11.6 Å². The topological polar surface area (TPSA) is 34.1 Å². The molecule has 4 aliphatic carbocycles. The van der Waals surface area contributed by atoms with Gasteiger partial charge >= 0.3 is 0 Å². The third-order valence-corrected chi connectivity index (χ3v) is 8.45. The highest BCUT2D eigenvalue weighted by atomic mass is 16.1. The average molecular weight is 326 g/mol. The summed E-state index contributed by atoms with van der Waals surface area (Å²) in [5, 5.41) is 0. The van der Waals surface area contributed by atoms with Crippen LogP contribution in [0.5, 0.6) is 0 Å². The zero-order chi connectivity index (χ0) is 17.3. The highest BCUT2D eigenvalue weighted by Crippen LogP contribution is 2.66. The second kappa shape index (κ2) is 5.16. The van der Waals surface area contributed by atoms with E-state index >= 15 is 0 Å². The maximum absolute atomic E-state index is 12.5. The molecule has 0 saturated heterocycles. The van der Waals surface area contributed by atoms with Crippen LogP contribution in [0, 0.1) is 34.5 Å². The van der Waals surface area contributed by atoms with E-state index in [4.69, 9.17) is 0 Å². The first kappa shape index (κ1) is 16.3. The van der Waals surface area contributed by atoms with Crippen molar-refractivity contribution in [2.75, 3.05) is 0 Å². The van der Waals surface area contributed by atoms with Gasteiger partial charge in [0.2, 0.25) is 0 Å². The van der Waals surface area contributed by atoms with Gasteiger partial charge in [-0.2, -0.15) is 0 Å². The van der Waals surface area contributed by atoms with Crippen LogP contribution in [0.3, 0.4) is 0 Å². The van der Waals surface area contributed by atoms with E-state index in [-0.39, 0.29) is 16.6 Å². The molecule has 0 aliphatic heterocycles. The van der Waals surface area contributed by atoms with Gasteiger partial charge in [-0.1, -0.05) is 39.3 Å². The molecule has 0 aromatic heterocycles. The molecule has 3 fully saturated rings. The minimum absolute atomic E-state index is 0.0790. The Morgan fingerprint density at radius 2 is 1.92 bits per heavy atom. The summed E-state index contributed by atoms with van der Waals surface area (Å²) < 4.78 is 0. The molecule has 3 saturated carbocycles. The molecule has 0 heterocycles. The quantitative estimate of drug-likeness (QED) is 0.687. The second-order valence-electron chi connectivity index (χ2n) is 9.22. The van der Waals surface area contributed by atoms with Crippen LogP contribution in [0.15, 0.2) is 23.8 Å². The van der Waals surface area contributed by atoms with Crippen molar-refractivity contribution in [3.63, 3.8) is 0 Å². The van der Waals surface area contributed by atoms with Crippen molar-refractivity contribution < 1.29 is 9.59 Å². The highest BCUT2D eigenvalue weighted by Gasteiger charge is 2.61. The standard InChI is InChI=1S/C22H30O2/c1-5-14-11-15(23)12-19-13(2)10-16-17-6-7-20(24)21(17,3)9-8-18(16)22(14,19)4/h12,14,16-18H,2,5-11H2,1,3-4H3/t14-,16-,17-,18-,21-,22+/m0/s1. The average Bonchev–Trinajstić information content (AvgIpc) is 2.84. The van der Waals surface area contributed by atoms with Gasteiger partial charge in [-0.15, -0.1) is 0 Å². The van der Waals surface area contributed by atoms with E-state index in [1.54, 1.807) is 0 Å². The summed E-state index contributed by atoms with van der Waals surface area (Å²) in [5.74, 6) is 2.91. The predicted octanol–water partition coefficient (Wildman–Crippen LogP) is 4.89. The predicted molar refractivity (Wildman–Crippen MR) is 95.4 cm³/mol. The Morgan fingerprint density at radius 3 is 2.62 bits per heavy atom. The fraction of sp³-hybridized carbons (Fsp3) is 0.727. The van der Waals surface area contributed by atoms with Gasteiger partial charge in [-0.05, 0) is 66.4 Å².